The monoisotopic (exact) mass is 328 g/mol. The zero-order valence-electron chi connectivity index (χ0n) is 15.3. The first-order chi connectivity index (χ1) is 11.3. The van der Waals surface area contributed by atoms with Crippen molar-refractivity contribution in [3.8, 4) is 0 Å². The van der Waals surface area contributed by atoms with Crippen LogP contribution in [-0.2, 0) is 9.47 Å². The third-order valence-electron chi connectivity index (χ3n) is 3.95. The van der Waals surface area contributed by atoms with E-state index >= 15 is 0 Å². The van der Waals surface area contributed by atoms with Crippen molar-refractivity contribution >= 4 is 5.96 Å². The minimum absolute atomic E-state index is 0.655. The van der Waals surface area contributed by atoms with Crippen LogP contribution < -0.4 is 10.6 Å². The lowest BCUT2D eigenvalue weighted by Crippen LogP contribution is -2.43. The number of piperidine rings is 1. The van der Waals surface area contributed by atoms with Gasteiger partial charge in [0.2, 0.25) is 0 Å². The molecule has 1 heterocycles. The van der Waals surface area contributed by atoms with E-state index in [1.807, 2.05) is 0 Å². The highest BCUT2D eigenvalue weighted by molar-refractivity contribution is 5.79. The maximum atomic E-state index is 5.44. The summed E-state index contributed by atoms with van der Waals surface area (Å²) in [7, 11) is 1.69. The fourth-order valence-corrected chi connectivity index (χ4v) is 2.77. The Bertz CT molecular complexity index is 313. The minimum Gasteiger partial charge on any atom is -0.382 e. The summed E-state index contributed by atoms with van der Waals surface area (Å²) in [5.41, 5.74) is 0. The summed E-state index contributed by atoms with van der Waals surface area (Å²) in [4.78, 5) is 7.14. The lowest BCUT2D eigenvalue weighted by atomic mass is 10.0. The summed E-state index contributed by atoms with van der Waals surface area (Å²) >= 11 is 0. The Morgan fingerprint density at radius 3 is 2.87 bits per heavy atom. The number of ether oxygens (including phenoxy) is 2. The maximum Gasteiger partial charge on any atom is 0.191 e. The number of aliphatic imine (C=N–C) groups is 1. The van der Waals surface area contributed by atoms with Crippen LogP contribution in [0.4, 0.5) is 0 Å². The summed E-state index contributed by atoms with van der Waals surface area (Å²) < 4.78 is 10.4. The number of likely N-dealkylation sites (tertiary alicyclic amines) is 1. The average Bonchev–Trinajstić information content (AvgIpc) is 2.54. The van der Waals surface area contributed by atoms with Crippen molar-refractivity contribution in [3.63, 3.8) is 0 Å². The maximum absolute atomic E-state index is 5.44. The van der Waals surface area contributed by atoms with Crippen LogP contribution in [0, 0.1) is 5.92 Å². The van der Waals surface area contributed by atoms with E-state index in [-0.39, 0.29) is 0 Å². The fourth-order valence-electron chi connectivity index (χ4n) is 2.77. The number of nitrogens with zero attached hydrogens (tertiary/aromatic N) is 2. The summed E-state index contributed by atoms with van der Waals surface area (Å²) in [6.07, 6.45) is 3.64. The van der Waals surface area contributed by atoms with Gasteiger partial charge in [0, 0.05) is 46.4 Å². The molecule has 1 fully saturated rings. The number of methoxy groups -OCH3 is 1. The van der Waals surface area contributed by atoms with Crippen molar-refractivity contribution < 1.29 is 9.47 Å². The van der Waals surface area contributed by atoms with Crippen LogP contribution in [0.25, 0.3) is 0 Å². The molecule has 1 rings (SSSR count). The number of nitrogens with one attached hydrogen (secondary N) is 2. The van der Waals surface area contributed by atoms with Crippen molar-refractivity contribution in [3.05, 3.63) is 0 Å². The molecule has 1 unspecified atom stereocenters. The van der Waals surface area contributed by atoms with E-state index in [2.05, 4.69) is 34.4 Å². The predicted molar refractivity (Wildman–Crippen MR) is 96.1 cm³/mol. The molecule has 0 aromatic heterocycles. The fraction of sp³-hybridized carbons (Fsp3) is 0.941. The normalized spacial score (nSPS) is 19.8. The molecule has 1 aliphatic rings. The van der Waals surface area contributed by atoms with Gasteiger partial charge in [0.15, 0.2) is 5.96 Å². The molecule has 0 aromatic rings. The molecule has 0 amide bonds. The number of rotatable bonds is 11. The molecule has 0 aliphatic carbocycles. The summed E-state index contributed by atoms with van der Waals surface area (Å²) in [5, 5.41) is 6.73. The van der Waals surface area contributed by atoms with E-state index in [4.69, 9.17) is 9.47 Å². The van der Waals surface area contributed by atoms with Crippen LogP contribution in [0.2, 0.25) is 0 Å². The van der Waals surface area contributed by atoms with Gasteiger partial charge >= 0.3 is 0 Å². The van der Waals surface area contributed by atoms with E-state index in [0.717, 1.165) is 51.1 Å². The molecule has 23 heavy (non-hydrogen) atoms. The predicted octanol–water partition coefficient (Wildman–Crippen LogP) is 1.33. The highest BCUT2D eigenvalue weighted by atomic mass is 16.5. The second-order valence-electron chi connectivity index (χ2n) is 6.19. The Morgan fingerprint density at radius 2 is 2.13 bits per heavy atom. The minimum atomic E-state index is 0.655. The molecule has 0 spiro atoms. The molecule has 136 valence electrons. The Morgan fingerprint density at radius 1 is 1.26 bits per heavy atom. The second kappa shape index (κ2) is 13.6. The largest absolute Gasteiger partial charge is 0.382 e. The van der Waals surface area contributed by atoms with Gasteiger partial charge < -0.3 is 25.0 Å². The van der Waals surface area contributed by atoms with Gasteiger partial charge in [-0.15, -0.1) is 0 Å². The lowest BCUT2D eigenvalue weighted by molar-refractivity contribution is 0.0702. The molecular weight excluding hydrogens is 292 g/mol. The van der Waals surface area contributed by atoms with E-state index in [0.29, 0.717) is 13.2 Å². The molecule has 2 N–H and O–H groups in total. The van der Waals surface area contributed by atoms with Gasteiger partial charge in [0.25, 0.3) is 0 Å². The number of guanidine groups is 1. The third-order valence-corrected chi connectivity index (χ3v) is 3.95. The topological polar surface area (TPSA) is 58.1 Å². The summed E-state index contributed by atoms with van der Waals surface area (Å²) in [6.45, 7) is 12.7. The summed E-state index contributed by atoms with van der Waals surface area (Å²) in [5.74, 6) is 1.75. The van der Waals surface area contributed by atoms with E-state index in [1.165, 1.54) is 25.9 Å². The quantitative estimate of drug-likeness (QED) is 0.340. The Kier molecular flexibility index (Phi) is 11.9. The van der Waals surface area contributed by atoms with Crippen LogP contribution in [0.1, 0.15) is 33.1 Å². The highest BCUT2D eigenvalue weighted by Gasteiger charge is 2.15. The molecule has 1 saturated heterocycles. The third kappa shape index (κ3) is 10.5. The van der Waals surface area contributed by atoms with Crippen LogP contribution in [0.3, 0.4) is 0 Å². The molecule has 0 aromatic carbocycles. The standard InChI is InChI=1S/C17H36N4O2/c1-4-18-17(19-8-6-12-23-14-13-22-3)20-9-11-21-10-5-7-16(2)15-21/h16H,4-15H2,1-3H3,(H2,18,19,20). The van der Waals surface area contributed by atoms with Gasteiger partial charge in [0.05, 0.1) is 13.2 Å². The molecular formula is C17H36N4O2. The smallest absolute Gasteiger partial charge is 0.191 e. The van der Waals surface area contributed by atoms with Crippen LogP contribution >= 0.6 is 0 Å². The molecule has 0 radical (unpaired) electrons. The van der Waals surface area contributed by atoms with Gasteiger partial charge in [-0.1, -0.05) is 6.92 Å². The first-order valence-corrected chi connectivity index (χ1v) is 9.07. The highest BCUT2D eigenvalue weighted by Crippen LogP contribution is 2.14. The van der Waals surface area contributed by atoms with Crippen molar-refractivity contribution in [1.82, 2.24) is 15.5 Å². The van der Waals surface area contributed by atoms with Gasteiger partial charge in [-0.3, -0.25) is 4.99 Å². The zero-order chi connectivity index (χ0) is 16.8. The first-order valence-electron chi connectivity index (χ1n) is 9.07. The number of hydrogen-bond donors (Lipinski definition) is 2. The molecule has 6 nitrogen and oxygen atoms in total. The zero-order valence-corrected chi connectivity index (χ0v) is 15.3. The molecule has 0 saturated carbocycles. The average molecular weight is 329 g/mol. The Balaban J connectivity index is 2.13. The SMILES string of the molecule is CCNC(=NCCCOCCOC)NCCN1CCCC(C)C1. The summed E-state index contributed by atoms with van der Waals surface area (Å²) in [6, 6.07) is 0. The van der Waals surface area contributed by atoms with Crippen LogP contribution in [0.5, 0.6) is 0 Å². The molecule has 0 bridgehead atoms. The molecule has 1 aliphatic heterocycles. The van der Waals surface area contributed by atoms with Crippen LogP contribution in [-0.4, -0.2) is 77.1 Å². The lowest BCUT2D eigenvalue weighted by Gasteiger charge is -2.30. The Hall–Kier alpha value is -0.850. The van der Waals surface area contributed by atoms with Gasteiger partial charge in [0.1, 0.15) is 0 Å². The van der Waals surface area contributed by atoms with Gasteiger partial charge in [-0.25, -0.2) is 0 Å². The van der Waals surface area contributed by atoms with Crippen LogP contribution in [0.15, 0.2) is 4.99 Å². The van der Waals surface area contributed by atoms with E-state index in [1.54, 1.807) is 7.11 Å². The second-order valence-corrected chi connectivity index (χ2v) is 6.19. The van der Waals surface area contributed by atoms with Crippen molar-refractivity contribution in [2.24, 2.45) is 10.9 Å². The van der Waals surface area contributed by atoms with Gasteiger partial charge in [-0.2, -0.15) is 0 Å². The van der Waals surface area contributed by atoms with Gasteiger partial charge in [-0.05, 0) is 38.6 Å². The molecule has 6 heteroatoms. The van der Waals surface area contributed by atoms with E-state index < -0.39 is 0 Å². The van der Waals surface area contributed by atoms with E-state index in [9.17, 15) is 0 Å². The van der Waals surface area contributed by atoms with Crippen molar-refractivity contribution in [2.75, 3.05) is 66.2 Å². The first kappa shape index (κ1) is 20.2. The van der Waals surface area contributed by atoms with Crippen molar-refractivity contribution in [2.45, 2.75) is 33.1 Å². The molecule has 1 atom stereocenters. The number of hydrogen-bond acceptors (Lipinski definition) is 4. The van der Waals surface area contributed by atoms with Crippen molar-refractivity contribution in [1.29, 1.82) is 0 Å². The Labute approximate surface area is 142 Å².